The lowest BCUT2D eigenvalue weighted by molar-refractivity contribution is -0.124. The lowest BCUT2D eigenvalue weighted by Crippen LogP contribution is -2.14. The van der Waals surface area contributed by atoms with Gasteiger partial charge in [0.2, 0.25) is 0 Å². The van der Waals surface area contributed by atoms with Crippen LogP contribution in [-0.2, 0) is 4.79 Å². The van der Waals surface area contributed by atoms with E-state index in [1.54, 1.807) is 25.8 Å². The normalized spacial score (nSPS) is 10.5. The van der Waals surface area contributed by atoms with E-state index in [4.69, 9.17) is 14.7 Å². The van der Waals surface area contributed by atoms with Gasteiger partial charge in [0.15, 0.2) is 11.5 Å². The maximum absolute atomic E-state index is 10.9. The summed E-state index contributed by atoms with van der Waals surface area (Å²) < 4.78 is 13.7. The van der Waals surface area contributed by atoms with Crippen molar-refractivity contribution >= 4 is 29.6 Å². The summed E-state index contributed by atoms with van der Waals surface area (Å²) in [6.07, 6.45) is 2.86. The van der Waals surface area contributed by atoms with Crippen molar-refractivity contribution in [2.24, 2.45) is 0 Å². The number of carbonyl (C=O) groups excluding carboxylic acids is 1. The molecule has 7 heteroatoms. The third-order valence-electron chi connectivity index (χ3n) is 3.09. The van der Waals surface area contributed by atoms with Crippen LogP contribution in [0.2, 0.25) is 0 Å². The smallest absolute Gasteiger partial charge is 0.267 e. The maximum Gasteiger partial charge on any atom is 0.267 e. The molecule has 0 aliphatic heterocycles. The first kappa shape index (κ1) is 17.7. The second kappa shape index (κ2) is 8.85. The minimum absolute atomic E-state index is 0.568. The summed E-state index contributed by atoms with van der Waals surface area (Å²) in [6, 6.07) is 13.2. The standard InChI is InChI=1S/C17H18N2O4S/c1-22-15-9-8-14(11-16(15)23-2)24-19-13-6-3-12(4-7-13)5-10-17(20)18-21/h3-11,19,21H,1-2H3,(H,18,20)/b10-5+. The Labute approximate surface area is 144 Å². The van der Waals surface area contributed by atoms with E-state index in [9.17, 15) is 4.79 Å². The molecule has 0 aliphatic rings. The fourth-order valence-corrected chi connectivity index (χ4v) is 2.54. The molecule has 0 spiro atoms. The summed E-state index contributed by atoms with van der Waals surface area (Å²) in [5.74, 6) is 0.790. The third-order valence-corrected chi connectivity index (χ3v) is 3.92. The second-order valence-electron chi connectivity index (χ2n) is 4.65. The molecule has 0 saturated heterocycles. The predicted octanol–water partition coefficient (Wildman–Crippen LogP) is 3.34. The van der Waals surface area contributed by atoms with Gasteiger partial charge in [0.1, 0.15) is 0 Å². The Balaban J connectivity index is 1.97. The zero-order chi connectivity index (χ0) is 17.4. The van der Waals surface area contributed by atoms with E-state index in [1.807, 2.05) is 42.5 Å². The van der Waals surface area contributed by atoms with E-state index >= 15 is 0 Å². The third kappa shape index (κ3) is 4.94. The Kier molecular flexibility index (Phi) is 6.53. The molecule has 0 fully saturated rings. The van der Waals surface area contributed by atoms with Gasteiger partial charge < -0.3 is 14.2 Å². The number of anilines is 1. The van der Waals surface area contributed by atoms with Gasteiger partial charge in [-0.25, -0.2) is 5.48 Å². The predicted molar refractivity (Wildman–Crippen MR) is 94.4 cm³/mol. The Morgan fingerprint density at radius 2 is 1.79 bits per heavy atom. The average Bonchev–Trinajstić information content (AvgIpc) is 2.64. The van der Waals surface area contributed by atoms with Crippen LogP contribution in [0, 0.1) is 0 Å². The number of ether oxygens (including phenoxy) is 2. The summed E-state index contributed by atoms with van der Waals surface area (Å²) in [4.78, 5) is 11.9. The molecule has 2 rings (SSSR count). The molecule has 6 nitrogen and oxygen atoms in total. The van der Waals surface area contributed by atoms with E-state index in [0.717, 1.165) is 16.1 Å². The first-order chi connectivity index (χ1) is 11.7. The minimum atomic E-state index is -0.568. The summed E-state index contributed by atoms with van der Waals surface area (Å²) in [7, 11) is 3.20. The number of hydrogen-bond donors (Lipinski definition) is 3. The first-order valence-corrected chi connectivity index (χ1v) is 7.85. The summed E-state index contributed by atoms with van der Waals surface area (Å²) in [5, 5.41) is 8.43. The molecule has 24 heavy (non-hydrogen) atoms. The van der Waals surface area contributed by atoms with Crippen molar-refractivity contribution < 1.29 is 19.5 Å². The molecule has 0 heterocycles. The minimum Gasteiger partial charge on any atom is -0.493 e. The Bertz CT molecular complexity index is 717. The van der Waals surface area contributed by atoms with Crippen LogP contribution in [-0.4, -0.2) is 25.3 Å². The van der Waals surface area contributed by atoms with E-state index in [-0.39, 0.29) is 0 Å². The monoisotopic (exact) mass is 346 g/mol. The quantitative estimate of drug-likeness (QED) is 0.309. The van der Waals surface area contributed by atoms with E-state index in [0.29, 0.717) is 11.5 Å². The number of hydrogen-bond acceptors (Lipinski definition) is 6. The van der Waals surface area contributed by atoms with Crippen molar-refractivity contribution in [1.82, 2.24) is 5.48 Å². The highest BCUT2D eigenvalue weighted by Crippen LogP contribution is 2.32. The zero-order valence-electron chi connectivity index (χ0n) is 13.3. The highest BCUT2D eigenvalue weighted by molar-refractivity contribution is 8.00. The number of hydroxylamine groups is 1. The number of carbonyl (C=O) groups is 1. The van der Waals surface area contributed by atoms with Crippen molar-refractivity contribution in [2.75, 3.05) is 18.9 Å². The zero-order valence-corrected chi connectivity index (χ0v) is 14.1. The number of methoxy groups -OCH3 is 2. The fourth-order valence-electron chi connectivity index (χ4n) is 1.87. The second-order valence-corrected chi connectivity index (χ2v) is 5.53. The molecule has 0 radical (unpaired) electrons. The molecule has 0 aliphatic carbocycles. The SMILES string of the molecule is COc1ccc(SNc2ccc(/C=C/C(=O)NO)cc2)cc1OC. The van der Waals surface area contributed by atoms with Crippen molar-refractivity contribution in [3.05, 3.63) is 54.1 Å². The van der Waals surface area contributed by atoms with Crippen molar-refractivity contribution in [2.45, 2.75) is 4.90 Å². The van der Waals surface area contributed by atoms with Crippen LogP contribution in [0.15, 0.2) is 53.4 Å². The summed E-state index contributed by atoms with van der Waals surface area (Å²) >= 11 is 1.45. The Morgan fingerprint density at radius 1 is 1.08 bits per heavy atom. The molecule has 0 aromatic heterocycles. The molecule has 3 N–H and O–H groups in total. The van der Waals surface area contributed by atoms with Crippen molar-refractivity contribution in [3.8, 4) is 11.5 Å². The largest absolute Gasteiger partial charge is 0.493 e. The van der Waals surface area contributed by atoms with Crippen molar-refractivity contribution in [1.29, 1.82) is 0 Å². The lowest BCUT2D eigenvalue weighted by Gasteiger charge is -2.10. The number of amides is 1. The van der Waals surface area contributed by atoms with Crippen LogP contribution < -0.4 is 19.7 Å². The van der Waals surface area contributed by atoms with Gasteiger partial charge >= 0.3 is 0 Å². The van der Waals surface area contributed by atoms with Gasteiger partial charge in [-0.05, 0) is 53.9 Å². The van der Waals surface area contributed by atoms with E-state index in [1.165, 1.54) is 18.0 Å². The number of benzene rings is 2. The average molecular weight is 346 g/mol. The van der Waals surface area contributed by atoms with Gasteiger partial charge in [0.25, 0.3) is 5.91 Å². The van der Waals surface area contributed by atoms with Crippen LogP contribution in [0.1, 0.15) is 5.56 Å². The summed E-state index contributed by atoms with van der Waals surface area (Å²) in [5.41, 5.74) is 3.30. The van der Waals surface area contributed by atoms with E-state index < -0.39 is 5.91 Å². The molecule has 2 aromatic rings. The van der Waals surface area contributed by atoms with Crippen molar-refractivity contribution in [3.63, 3.8) is 0 Å². The number of rotatable bonds is 7. The highest BCUT2D eigenvalue weighted by Gasteiger charge is 2.05. The highest BCUT2D eigenvalue weighted by atomic mass is 32.2. The molecule has 126 valence electrons. The van der Waals surface area contributed by atoms with Crippen LogP contribution in [0.3, 0.4) is 0 Å². The fraction of sp³-hybridized carbons (Fsp3) is 0.118. The van der Waals surface area contributed by atoms with Crippen LogP contribution >= 0.6 is 11.9 Å². The van der Waals surface area contributed by atoms with Gasteiger partial charge in [-0.3, -0.25) is 10.0 Å². The topological polar surface area (TPSA) is 79.8 Å². The molecule has 1 amide bonds. The van der Waals surface area contributed by atoms with Crippen LogP contribution in [0.5, 0.6) is 11.5 Å². The van der Waals surface area contributed by atoms with Gasteiger partial charge in [0, 0.05) is 16.7 Å². The molecule has 0 unspecified atom stereocenters. The molecule has 0 saturated carbocycles. The Morgan fingerprint density at radius 3 is 2.42 bits per heavy atom. The van der Waals surface area contributed by atoms with Crippen LogP contribution in [0.4, 0.5) is 5.69 Å². The van der Waals surface area contributed by atoms with Gasteiger partial charge in [-0.15, -0.1) is 0 Å². The molecule has 0 atom stereocenters. The Hall–Kier alpha value is -2.64. The lowest BCUT2D eigenvalue weighted by atomic mass is 10.2. The maximum atomic E-state index is 10.9. The van der Waals surface area contributed by atoms with Gasteiger partial charge in [-0.1, -0.05) is 12.1 Å². The molecule has 2 aromatic carbocycles. The summed E-state index contributed by atoms with van der Waals surface area (Å²) in [6.45, 7) is 0. The first-order valence-electron chi connectivity index (χ1n) is 7.03. The molecular weight excluding hydrogens is 328 g/mol. The molecule has 0 bridgehead atoms. The van der Waals surface area contributed by atoms with Gasteiger partial charge in [-0.2, -0.15) is 0 Å². The van der Waals surface area contributed by atoms with Gasteiger partial charge in [0.05, 0.1) is 14.2 Å². The van der Waals surface area contributed by atoms with E-state index in [2.05, 4.69) is 4.72 Å². The van der Waals surface area contributed by atoms with Crippen LogP contribution in [0.25, 0.3) is 6.08 Å². The molecular formula is C17H18N2O4S. The number of nitrogens with one attached hydrogen (secondary N) is 2.